The number of aryl methyl sites for hydroxylation is 1. The van der Waals surface area contributed by atoms with Crippen LogP contribution >= 0.6 is 0 Å². The van der Waals surface area contributed by atoms with Gasteiger partial charge in [-0.15, -0.1) is 0 Å². The van der Waals surface area contributed by atoms with Gasteiger partial charge in [-0.3, -0.25) is 9.59 Å². The molecule has 2 heterocycles. The molecular formula is C21H22N4O2. The second-order valence-corrected chi connectivity index (χ2v) is 6.89. The smallest absolute Gasteiger partial charge is 0.254 e. The van der Waals surface area contributed by atoms with Crippen LogP contribution in [-0.2, 0) is 18.3 Å². The van der Waals surface area contributed by atoms with Crippen LogP contribution in [0.4, 0.5) is 0 Å². The molecule has 6 heteroatoms. The second-order valence-electron chi connectivity index (χ2n) is 6.89. The standard InChI is InChI=1S/C21H22N4O2/c1-23-15-22-18-14-17(7-8-19(18)23)21(27)25-11-9-24(10-12-25)20(26)13-16-5-3-2-4-6-16/h2-8,14-15H,9-13H2,1H3. The van der Waals surface area contributed by atoms with Crippen LogP contribution < -0.4 is 0 Å². The van der Waals surface area contributed by atoms with Gasteiger partial charge >= 0.3 is 0 Å². The summed E-state index contributed by atoms with van der Waals surface area (Å²) < 4.78 is 1.93. The molecule has 0 saturated carbocycles. The topological polar surface area (TPSA) is 58.4 Å². The molecule has 0 N–H and O–H groups in total. The van der Waals surface area contributed by atoms with Gasteiger partial charge in [-0.25, -0.2) is 4.98 Å². The summed E-state index contributed by atoms with van der Waals surface area (Å²) in [7, 11) is 1.93. The Labute approximate surface area is 158 Å². The van der Waals surface area contributed by atoms with Gasteiger partial charge in [-0.2, -0.15) is 0 Å². The second kappa shape index (κ2) is 7.23. The zero-order valence-electron chi connectivity index (χ0n) is 15.3. The zero-order chi connectivity index (χ0) is 18.8. The molecule has 6 nitrogen and oxygen atoms in total. The predicted molar refractivity (Wildman–Crippen MR) is 103 cm³/mol. The van der Waals surface area contributed by atoms with Crippen LogP contribution in [0, 0.1) is 0 Å². The van der Waals surface area contributed by atoms with Gasteiger partial charge in [-0.1, -0.05) is 30.3 Å². The van der Waals surface area contributed by atoms with E-state index in [4.69, 9.17) is 0 Å². The Balaban J connectivity index is 1.37. The fourth-order valence-corrected chi connectivity index (χ4v) is 3.49. The molecule has 0 radical (unpaired) electrons. The van der Waals surface area contributed by atoms with Crippen molar-refractivity contribution in [2.75, 3.05) is 26.2 Å². The molecular weight excluding hydrogens is 340 g/mol. The number of nitrogens with zero attached hydrogens (tertiary/aromatic N) is 4. The van der Waals surface area contributed by atoms with Crippen molar-refractivity contribution in [3.63, 3.8) is 0 Å². The molecule has 0 atom stereocenters. The van der Waals surface area contributed by atoms with E-state index in [0.29, 0.717) is 38.2 Å². The van der Waals surface area contributed by atoms with Crippen LogP contribution in [0.1, 0.15) is 15.9 Å². The van der Waals surface area contributed by atoms with Crippen molar-refractivity contribution < 1.29 is 9.59 Å². The average Bonchev–Trinajstić information content (AvgIpc) is 3.08. The number of fused-ring (bicyclic) bond motifs is 1. The van der Waals surface area contributed by atoms with E-state index in [1.54, 1.807) is 6.33 Å². The molecule has 4 rings (SSSR count). The Morgan fingerprint density at radius 1 is 0.963 bits per heavy atom. The summed E-state index contributed by atoms with van der Waals surface area (Å²) in [6.07, 6.45) is 2.15. The number of carbonyl (C=O) groups is 2. The molecule has 1 fully saturated rings. The predicted octanol–water partition coefficient (Wildman–Crippen LogP) is 2.10. The molecule has 2 aromatic carbocycles. The first kappa shape index (κ1) is 17.3. The monoisotopic (exact) mass is 362 g/mol. The number of benzene rings is 2. The van der Waals surface area contributed by atoms with Crippen LogP contribution in [0.15, 0.2) is 54.9 Å². The largest absolute Gasteiger partial charge is 0.339 e. The molecule has 138 valence electrons. The number of rotatable bonds is 3. The summed E-state index contributed by atoms with van der Waals surface area (Å²) in [5, 5.41) is 0. The van der Waals surface area contributed by atoms with Crippen molar-refractivity contribution in [2.45, 2.75) is 6.42 Å². The third kappa shape index (κ3) is 3.56. The highest BCUT2D eigenvalue weighted by molar-refractivity contribution is 5.97. The van der Waals surface area contributed by atoms with Crippen LogP contribution in [0.25, 0.3) is 11.0 Å². The molecule has 1 aliphatic heterocycles. The van der Waals surface area contributed by atoms with E-state index in [2.05, 4.69) is 4.98 Å². The minimum Gasteiger partial charge on any atom is -0.339 e. The minimum atomic E-state index is -0.00212. The lowest BCUT2D eigenvalue weighted by molar-refractivity contribution is -0.131. The van der Waals surface area contributed by atoms with Crippen molar-refractivity contribution in [1.82, 2.24) is 19.4 Å². The summed E-state index contributed by atoms with van der Waals surface area (Å²) in [6.45, 7) is 2.26. The van der Waals surface area contributed by atoms with Gasteiger partial charge in [0.05, 0.1) is 23.8 Å². The third-order valence-electron chi connectivity index (χ3n) is 5.09. The van der Waals surface area contributed by atoms with Crippen LogP contribution in [0.3, 0.4) is 0 Å². The lowest BCUT2D eigenvalue weighted by atomic mass is 10.1. The third-order valence-corrected chi connectivity index (χ3v) is 5.09. The highest BCUT2D eigenvalue weighted by atomic mass is 16.2. The molecule has 0 unspecified atom stereocenters. The minimum absolute atomic E-state index is 0.00212. The first-order chi connectivity index (χ1) is 13.1. The summed E-state index contributed by atoms with van der Waals surface area (Å²) in [5.41, 5.74) is 3.48. The maximum Gasteiger partial charge on any atom is 0.254 e. The van der Waals surface area contributed by atoms with E-state index >= 15 is 0 Å². The van der Waals surface area contributed by atoms with Gasteiger partial charge in [0.25, 0.3) is 5.91 Å². The molecule has 1 aliphatic rings. The molecule has 0 bridgehead atoms. The fourth-order valence-electron chi connectivity index (χ4n) is 3.49. The first-order valence-corrected chi connectivity index (χ1v) is 9.14. The highest BCUT2D eigenvalue weighted by Crippen LogP contribution is 2.16. The Kier molecular flexibility index (Phi) is 4.62. The lowest BCUT2D eigenvalue weighted by Gasteiger charge is -2.35. The van der Waals surface area contributed by atoms with E-state index in [1.165, 1.54) is 0 Å². The Bertz CT molecular complexity index is 972. The Morgan fingerprint density at radius 2 is 1.67 bits per heavy atom. The van der Waals surface area contributed by atoms with Gasteiger partial charge in [0.2, 0.25) is 5.91 Å². The van der Waals surface area contributed by atoms with Crippen LogP contribution in [0.5, 0.6) is 0 Å². The van der Waals surface area contributed by atoms with E-state index in [-0.39, 0.29) is 11.8 Å². The molecule has 1 aromatic heterocycles. The molecule has 3 aromatic rings. The van der Waals surface area contributed by atoms with Gasteiger partial charge in [0.1, 0.15) is 0 Å². The number of amides is 2. The van der Waals surface area contributed by atoms with Crippen molar-refractivity contribution in [2.24, 2.45) is 7.05 Å². The summed E-state index contributed by atoms with van der Waals surface area (Å²) in [6, 6.07) is 15.4. The normalized spacial score (nSPS) is 14.6. The van der Waals surface area contributed by atoms with Crippen LogP contribution in [0.2, 0.25) is 0 Å². The van der Waals surface area contributed by atoms with E-state index in [0.717, 1.165) is 16.6 Å². The van der Waals surface area contributed by atoms with Crippen LogP contribution in [-0.4, -0.2) is 57.3 Å². The number of aromatic nitrogens is 2. The van der Waals surface area contributed by atoms with Gasteiger partial charge < -0.3 is 14.4 Å². The Morgan fingerprint density at radius 3 is 2.41 bits per heavy atom. The lowest BCUT2D eigenvalue weighted by Crippen LogP contribution is -2.51. The maximum atomic E-state index is 12.8. The first-order valence-electron chi connectivity index (χ1n) is 9.14. The zero-order valence-corrected chi connectivity index (χ0v) is 15.3. The van der Waals surface area contributed by atoms with Crippen molar-refractivity contribution in [3.8, 4) is 0 Å². The van der Waals surface area contributed by atoms with Gasteiger partial charge in [0, 0.05) is 38.8 Å². The van der Waals surface area contributed by atoms with E-state index in [1.807, 2.05) is 69.9 Å². The molecule has 0 spiro atoms. The number of carbonyl (C=O) groups excluding carboxylic acids is 2. The molecule has 1 saturated heterocycles. The fraction of sp³-hybridized carbons (Fsp3) is 0.286. The average molecular weight is 362 g/mol. The summed E-state index contributed by atoms with van der Waals surface area (Å²) in [4.78, 5) is 33.3. The van der Waals surface area contributed by atoms with Gasteiger partial charge in [0.15, 0.2) is 0 Å². The number of hydrogen-bond donors (Lipinski definition) is 0. The number of imidazole rings is 1. The number of hydrogen-bond acceptors (Lipinski definition) is 3. The van der Waals surface area contributed by atoms with E-state index in [9.17, 15) is 9.59 Å². The summed E-state index contributed by atoms with van der Waals surface area (Å²) in [5.74, 6) is 0.112. The highest BCUT2D eigenvalue weighted by Gasteiger charge is 2.25. The summed E-state index contributed by atoms with van der Waals surface area (Å²) >= 11 is 0. The molecule has 2 amide bonds. The molecule has 0 aliphatic carbocycles. The number of piperazine rings is 1. The van der Waals surface area contributed by atoms with Crippen molar-refractivity contribution >= 4 is 22.8 Å². The SMILES string of the molecule is Cn1cnc2cc(C(=O)N3CCN(C(=O)Cc4ccccc4)CC3)ccc21. The Hall–Kier alpha value is -3.15. The van der Waals surface area contributed by atoms with Crippen molar-refractivity contribution in [1.29, 1.82) is 0 Å². The molecule has 27 heavy (non-hydrogen) atoms. The van der Waals surface area contributed by atoms with Crippen molar-refractivity contribution in [3.05, 3.63) is 66.0 Å². The van der Waals surface area contributed by atoms with E-state index < -0.39 is 0 Å². The van der Waals surface area contributed by atoms with Gasteiger partial charge in [-0.05, 0) is 23.8 Å². The quantitative estimate of drug-likeness (QED) is 0.717. The maximum absolute atomic E-state index is 12.8.